The van der Waals surface area contributed by atoms with Crippen molar-refractivity contribution in [2.24, 2.45) is 0 Å². The standard InChI is InChI=1S/C6H4BrN5/c7-5-1-8-2-10-6(5)12-4-9-3-11-12/h1-4H. The summed E-state index contributed by atoms with van der Waals surface area (Å²) < 4.78 is 2.35. The van der Waals surface area contributed by atoms with Crippen molar-refractivity contribution in [1.82, 2.24) is 24.7 Å². The van der Waals surface area contributed by atoms with Crippen LogP contribution in [0.25, 0.3) is 5.82 Å². The Morgan fingerprint density at radius 2 is 2.17 bits per heavy atom. The van der Waals surface area contributed by atoms with Gasteiger partial charge in [-0.15, -0.1) is 0 Å². The van der Waals surface area contributed by atoms with Crippen molar-refractivity contribution in [2.75, 3.05) is 0 Å². The highest BCUT2D eigenvalue weighted by atomic mass is 79.9. The van der Waals surface area contributed by atoms with Crippen LogP contribution in [0.3, 0.4) is 0 Å². The first-order valence-corrected chi connectivity index (χ1v) is 3.98. The Balaban J connectivity index is 2.55. The Morgan fingerprint density at radius 1 is 1.25 bits per heavy atom. The molecule has 2 rings (SSSR count). The summed E-state index contributed by atoms with van der Waals surface area (Å²) in [5.41, 5.74) is 0. The SMILES string of the molecule is Brc1cncnc1-n1cncn1. The van der Waals surface area contributed by atoms with Crippen LogP contribution < -0.4 is 0 Å². The number of hydrogen-bond donors (Lipinski definition) is 0. The van der Waals surface area contributed by atoms with Crippen molar-refractivity contribution in [1.29, 1.82) is 0 Å². The van der Waals surface area contributed by atoms with Gasteiger partial charge < -0.3 is 0 Å². The summed E-state index contributed by atoms with van der Waals surface area (Å²) in [6.07, 6.45) is 6.15. The normalized spacial score (nSPS) is 10.1. The largest absolute Gasteiger partial charge is 0.243 e. The van der Waals surface area contributed by atoms with Gasteiger partial charge in [0.15, 0.2) is 5.82 Å². The molecule has 0 amide bonds. The highest BCUT2D eigenvalue weighted by Gasteiger charge is 2.02. The first-order valence-electron chi connectivity index (χ1n) is 3.18. The first kappa shape index (κ1) is 7.35. The molecule has 0 radical (unpaired) electrons. The highest BCUT2D eigenvalue weighted by molar-refractivity contribution is 9.10. The third-order valence-corrected chi connectivity index (χ3v) is 1.84. The summed E-state index contributed by atoms with van der Waals surface area (Å²) in [5.74, 6) is 0.683. The molecule has 0 unspecified atom stereocenters. The molecule has 2 aromatic rings. The summed E-state index contributed by atoms with van der Waals surface area (Å²) >= 11 is 3.30. The van der Waals surface area contributed by atoms with E-state index >= 15 is 0 Å². The van der Waals surface area contributed by atoms with E-state index < -0.39 is 0 Å². The van der Waals surface area contributed by atoms with Crippen molar-refractivity contribution in [3.8, 4) is 5.82 Å². The van der Waals surface area contributed by atoms with E-state index in [1.54, 1.807) is 17.2 Å². The topological polar surface area (TPSA) is 56.5 Å². The Morgan fingerprint density at radius 3 is 2.83 bits per heavy atom. The fraction of sp³-hybridized carbons (Fsp3) is 0. The third-order valence-electron chi connectivity index (χ3n) is 1.28. The molecule has 2 heterocycles. The Labute approximate surface area is 76.6 Å². The van der Waals surface area contributed by atoms with Gasteiger partial charge in [-0.2, -0.15) is 5.10 Å². The molecule has 0 saturated heterocycles. The molecule has 0 aliphatic heterocycles. The van der Waals surface area contributed by atoms with Crippen LogP contribution in [0.1, 0.15) is 0 Å². The Bertz CT molecular complexity index is 371. The molecule has 60 valence electrons. The van der Waals surface area contributed by atoms with Crippen LogP contribution in [0.4, 0.5) is 0 Å². The zero-order valence-corrected chi connectivity index (χ0v) is 7.51. The van der Waals surface area contributed by atoms with Gasteiger partial charge in [-0.3, -0.25) is 0 Å². The van der Waals surface area contributed by atoms with Gasteiger partial charge in [0.1, 0.15) is 19.0 Å². The van der Waals surface area contributed by atoms with Crippen LogP contribution in [0.15, 0.2) is 29.7 Å². The molecule has 0 aliphatic rings. The number of aromatic nitrogens is 5. The molecule has 2 aromatic heterocycles. The molecule has 0 N–H and O–H groups in total. The smallest absolute Gasteiger partial charge is 0.172 e. The van der Waals surface area contributed by atoms with Gasteiger partial charge in [-0.25, -0.2) is 19.6 Å². The zero-order chi connectivity index (χ0) is 8.39. The van der Waals surface area contributed by atoms with E-state index in [1.807, 2.05) is 0 Å². The third kappa shape index (κ3) is 1.20. The fourth-order valence-corrected chi connectivity index (χ4v) is 1.19. The predicted molar refractivity (Wildman–Crippen MR) is 44.6 cm³/mol. The first-order chi connectivity index (χ1) is 5.88. The molecule has 6 heteroatoms. The Kier molecular flexibility index (Phi) is 1.83. The minimum atomic E-state index is 0.683. The lowest BCUT2D eigenvalue weighted by Crippen LogP contribution is -1.99. The maximum Gasteiger partial charge on any atom is 0.172 e. The van der Waals surface area contributed by atoms with Crippen LogP contribution in [-0.2, 0) is 0 Å². The molecular formula is C6H4BrN5. The van der Waals surface area contributed by atoms with Crippen LogP contribution >= 0.6 is 15.9 Å². The lowest BCUT2D eigenvalue weighted by Gasteiger charge is -1.99. The number of hydrogen-bond acceptors (Lipinski definition) is 4. The molecule has 5 nitrogen and oxygen atoms in total. The summed E-state index contributed by atoms with van der Waals surface area (Å²) in [7, 11) is 0. The van der Waals surface area contributed by atoms with E-state index in [0.717, 1.165) is 4.47 Å². The van der Waals surface area contributed by atoms with Crippen LogP contribution in [0, 0.1) is 0 Å². The van der Waals surface area contributed by atoms with Gasteiger partial charge in [0.2, 0.25) is 0 Å². The molecule has 0 atom stereocenters. The van der Waals surface area contributed by atoms with Crippen LogP contribution in [-0.4, -0.2) is 24.7 Å². The maximum absolute atomic E-state index is 4.02. The van der Waals surface area contributed by atoms with Gasteiger partial charge in [-0.1, -0.05) is 0 Å². The average Bonchev–Trinajstić information content (AvgIpc) is 2.57. The second-order valence-electron chi connectivity index (χ2n) is 2.03. The van der Waals surface area contributed by atoms with Gasteiger partial charge in [-0.05, 0) is 15.9 Å². The van der Waals surface area contributed by atoms with Gasteiger partial charge >= 0.3 is 0 Å². The van der Waals surface area contributed by atoms with E-state index in [9.17, 15) is 0 Å². The number of nitrogens with zero attached hydrogens (tertiary/aromatic N) is 5. The molecule has 0 aromatic carbocycles. The zero-order valence-electron chi connectivity index (χ0n) is 5.92. The molecule has 0 aliphatic carbocycles. The quantitative estimate of drug-likeness (QED) is 0.722. The number of rotatable bonds is 1. The molecule has 0 saturated carbocycles. The minimum absolute atomic E-state index is 0.683. The molecule has 0 bridgehead atoms. The van der Waals surface area contributed by atoms with Gasteiger partial charge in [0.05, 0.1) is 4.47 Å². The van der Waals surface area contributed by atoms with Crippen molar-refractivity contribution < 1.29 is 0 Å². The summed E-state index contributed by atoms with van der Waals surface area (Å²) in [4.78, 5) is 11.7. The van der Waals surface area contributed by atoms with E-state index in [1.165, 1.54) is 12.7 Å². The lowest BCUT2D eigenvalue weighted by atomic mass is 10.6. The van der Waals surface area contributed by atoms with E-state index in [0.29, 0.717) is 5.82 Å². The summed E-state index contributed by atoms with van der Waals surface area (Å²) in [5, 5.41) is 3.93. The van der Waals surface area contributed by atoms with Crippen molar-refractivity contribution >= 4 is 15.9 Å². The van der Waals surface area contributed by atoms with E-state index in [2.05, 4.69) is 36.0 Å². The summed E-state index contributed by atoms with van der Waals surface area (Å²) in [6, 6.07) is 0. The molecular weight excluding hydrogens is 222 g/mol. The van der Waals surface area contributed by atoms with Gasteiger partial charge in [0.25, 0.3) is 0 Å². The van der Waals surface area contributed by atoms with E-state index in [-0.39, 0.29) is 0 Å². The summed E-state index contributed by atoms with van der Waals surface area (Å²) in [6.45, 7) is 0. The molecule has 12 heavy (non-hydrogen) atoms. The van der Waals surface area contributed by atoms with Crippen LogP contribution in [0.2, 0.25) is 0 Å². The monoisotopic (exact) mass is 225 g/mol. The lowest BCUT2D eigenvalue weighted by molar-refractivity contribution is 0.831. The Hall–Kier alpha value is -1.30. The number of halogens is 1. The van der Waals surface area contributed by atoms with Crippen molar-refractivity contribution in [3.05, 3.63) is 29.7 Å². The molecule has 0 fully saturated rings. The van der Waals surface area contributed by atoms with Crippen molar-refractivity contribution in [2.45, 2.75) is 0 Å². The van der Waals surface area contributed by atoms with Crippen molar-refractivity contribution in [3.63, 3.8) is 0 Å². The predicted octanol–water partition coefficient (Wildman–Crippen LogP) is 0.820. The second kappa shape index (κ2) is 2.98. The molecule has 0 spiro atoms. The van der Waals surface area contributed by atoms with Gasteiger partial charge in [0, 0.05) is 6.20 Å². The second-order valence-corrected chi connectivity index (χ2v) is 2.89. The maximum atomic E-state index is 4.02. The minimum Gasteiger partial charge on any atom is -0.243 e. The van der Waals surface area contributed by atoms with E-state index in [4.69, 9.17) is 0 Å². The fourth-order valence-electron chi connectivity index (χ4n) is 0.792. The highest BCUT2D eigenvalue weighted by Crippen LogP contribution is 2.14. The average molecular weight is 226 g/mol. The van der Waals surface area contributed by atoms with Crippen LogP contribution in [0.5, 0.6) is 0 Å².